The number of amides is 2. The number of carbonyl (C=O) groups excluding carboxylic acids is 2. The minimum Gasteiger partial charge on any atom is -0.504 e. The molecule has 1 heterocycles. The molecular weight excluding hydrogens is 346 g/mol. The first-order chi connectivity index (χ1) is 13.1. The second-order valence-corrected chi connectivity index (χ2v) is 6.28. The molecule has 0 radical (unpaired) electrons. The fourth-order valence-corrected chi connectivity index (χ4v) is 3.06. The van der Waals surface area contributed by atoms with E-state index in [0.29, 0.717) is 24.3 Å². The number of phenolic OH excluding ortho intramolecular Hbond substituents is 1. The van der Waals surface area contributed by atoms with Gasteiger partial charge in [-0.15, -0.1) is 0 Å². The van der Waals surface area contributed by atoms with Crippen LogP contribution in [0.15, 0.2) is 53.6 Å². The number of nitrogens with one attached hydrogen (secondary N) is 1. The standard InChI is InChI=1S/C20H21N3O4/c1-27-17-9-5-8-15(20(17)26)11-21-22-18(24)13-23-12-16(10-19(23)25)14-6-3-2-4-7-14/h2-9,11,16,26H,10,12-13H2,1H3,(H,22,24)/b21-11+. The molecule has 0 saturated carbocycles. The highest BCUT2D eigenvalue weighted by atomic mass is 16.5. The quantitative estimate of drug-likeness (QED) is 0.602. The van der Waals surface area contributed by atoms with Gasteiger partial charge in [0.15, 0.2) is 11.5 Å². The van der Waals surface area contributed by atoms with Crippen LogP contribution < -0.4 is 10.2 Å². The van der Waals surface area contributed by atoms with E-state index in [9.17, 15) is 14.7 Å². The summed E-state index contributed by atoms with van der Waals surface area (Å²) < 4.78 is 5.02. The molecule has 1 saturated heterocycles. The highest BCUT2D eigenvalue weighted by molar-refractivity contribution is 5.88. The Balaban J connectivity index is 1.54. The summed E-state index contributed by atoms with van der Waals surface area (Å²) in [5.41, 5.74) is 3.89. The van der Waals surface area contributed by atoms with Crippen molar-refractivity contribution < 1.29 is 19.4 Å². The summed E-state index contributed by atoms with van der Waals surface area (Å²) in [7, 11) is 1.45. The Morgan fingerprint density at radius 2 is 2.07 bits per heavy atom. The molecule has 0 bridgehead atoms. The zero-order chi connectivity index (χ0) is 19.2. The molecule has 2 N–H and O–H groups in total. The summed E-state index contributed by atoms with van der Waals surface area (Å²) in [6.07, 6.45) is 1.73. The SMILES string of the molecule is COc1cccc(/C=N/NC(=O)CN2CC(c3ccccc3)CC2=O)c1O. The van der Waals surface area contributed by atoms with Gasteiger partial charge in [0.1, 0.15) is 6.54 Å². The summed E-state index contributed by atoms with van der Waals surface area (Å²) in [6.45, 7) is 0.459. The first-order valence-corrected chi connectivity index (χ1v) is 8.59. The first-order valence-electron chi connectivity index (χ1n) is 8.59. The molecule has 27 heavy (non-hydrogen) atoms. The van der Waals surface area contributed by atoms with Gasteiger partial charge in [0.2, 0.25) is 5.91 Å². The van der Waals surface area contributed by atoms with Gasteiger partial charge in [-0.3, -0.25) is 9.59 Å². The number of aromatic hydroxyl groups is 1. The van der Waals surface area contributed by atoms with Crippen LogP contribution in [-0.4, -0.2) is 48.2 Å². The van der Waals surface area contributed by atoms with Crippen LogP contribution >= 0.6 is 0 Å². The number of ether oxygens (including phenoxy) is 1. The first kappa shape index (κ1) is 18.4. The molecule has 7 heteroatoms. The van der Waals surface area contributed by atoms with E-state index in [2.05, 4.69) is 10.5 Å². The summed E-state index contributed by atoms with van der Waals surface area (Å²) in [5, 5.41) is 13.8. The molecule has 1 aliphatic rings. The lowest BCUT2D eigenvalue weighted by Crippen LogP contribution is -2.36. The van der Waals surface area contributed by atoms with E-state index in [0.717, 1.165) is 5.56 Å². The van der Waals surface area contributed by atoms with Crippen LogP contribution in [0.2, 0.25) is 0 Å². The van der Waals surface area contributed by atoms with Crippen LogP contribution in [0.5, 0.6) is 11.5 Å². The number of phenols is 1. The minimum absolute atomic E-state index is 0.0478. The molecule has 0 spiro atoms. The molecule has 1 aliphatic heterocycles. The van der Waals surface area contributed by atoms with Gasteiger partial charge in [-0.25, -0.2) is 5.43 Å². The second-order valence-electron chi connectivity index (χ2n) is 6.28. The molecular formula is C20H21N3O4. The zero-order valence-corrected chi connectivity index (χ0v) is 15.0. The fourth-order valence-electron chi connectivity index (χ4n) is 3.06. The monoisotopic (exact) mass is 367 g/mol. The van der Waals surface area contributed by atoms with Crippen LogP contribution in [0.4, 0.5) is 0 Å². The van der Waals surface area contributed by atoms with Gasteiger partial charge in [-0.1, -0.05) is 36.4 Å². The van der Waals surface area contributed by atoms with Gasteiger partial charge < -0.3 is 14.7 Å². The average Bonchev–Trinajstić information content (AvgIpc) is 3.04. The maximum absolute atomic E-state index is 12.2. The van der Waals surface area contributed by atoms with Gasteiger partial charge >= 0.3 is 0 Å². The molecule has 1 unspecified atom stereocenters. The lowest BCUT2D eigenvalue weighted by molar-refractivity contribution is -0.133. The van der Waals surface area contributed by atoms with E-state index in [1.807, 2.05) is 30.3 Å². The Kier molecular flexibility index (Phi) is 5.71. The molecule has 3 rings (SSSR count). The third kappa shape index (κ3) is 4.44. The molecule has 0 aliphatic carbocycles. The number of methoxy groups -OCH3 is 1. The van der Waals surface area contributed by atoms with Crippen molar-refractivity contribution in [3.63, 3.8) is 0 Å². The largest absolute Gasteiger partial charge is 0.504 e. The maximum Gasteiger partial charge on any atom is 0.259 e. The van der Waals surface area contributed by atoms with E-state index in [1.165, 1.54) is 18.2 Å². The van der Waals surface area contributed by atoms with Crippen LogP contribution in [0.25, 0.3) is 0 Å². The lowest BCUT2D eigenvalue weighted by atomic mass is 9.99. The number of carbonyl (C=O) groups is 2. The van der Waals surface area contributed by atoms with E-state index < -0.39 is 5.91 Å². The smallest absolute Gasteiger partial charge is 0.259 e. The van der Waals surface area contributed by atoms with Crippen LogP contribution in [-0.2, 0) is 9.59 Å². The highest BCUT2D eigenvalue weighted by Gasteiger charge is 2.31. The third-order valence-electron chi connectivity index (χ3n) is 4.46. The van der Waals surface area contributed by atoms with Crippen molar-refractivity contribution in [2.45, 2.75) is 12.3 Å². The Bertz CT molecular complexity index is 852. The highest BCUT2D eigenvalue weighted by Crippen LogP contribution is 2.28. The van der Waals surface area contributed by atoms with Crippen molar-refractivity contribution in [3.05, 3.63) is 59.7 Å². The molecule has 0 aromatic heterocycles. The van der Waals surface area contributed by atoms with Gasteiger partial charge in [0.05, 0.1) is 13.3 Å². The van der Waals surface area contributed by atoms with Crippen LogP contribution in [0.1, 0.15) is 23.5 Å². The second kappa shape index (κ2) is 8.35. The van der Waals surface area contributed by atoms with E-state index in [4.69, 9.17) is 4.74 Å². The Morgan fingerprint density at radius 3 is 2.81 bits per heavy atom. The van der Waals surface area contributed by atoms with Gasteiger partial charge in [-0.05, 0) is 17.7 Å². The van der Waals surface area contributed by atoms with Crippen LogP contribution in [0, 0.1) is 0 Å². The lowest BCUT2D eigenvalue weighted by Gasteiger charge is -2.15. The summed E-state index contributed by atoms with van der Waals surface area (Å²) in [6, 6.07) is 14.8. The molecule has 1 fully saturated rings. The third-order valence-corrected chi connectivity index (χ3v) is 4.46. The van der Waals surface area contributed by atoms with E-state index >= 15 is 0 Å². The molecule has 2 aromatic carbocycles. The predicted molar refractivity (Wildman–Crippen MR) is 101 cm³/mol. The Labute approximate surface area is 157 Å². The molecule has 1 atom stereocenters. The number of benzene rings is 2. The van der Waals surface area contributed by atoms with Crippen molar-refractivity contribution in [1.29, 1.82) is 0 Å². The van der Waals surface area contributed by atoms with Crippen molar-refractivity contribution in [1.82, 2.24) is 10.3 Å². The van der Waals surface area contributed by atoms with Gasteiger partial charge in [0.25, 0.3) is 5.91 Å². The number of para-hydroxylation sites is 1. The average molecular weight is 367 g/mol. The molecule has 2 amide bonds. The normalized spacial score (nSPS) is 16.7. The van der Waals surface area contributed by atoms with Gasteiger partial charge in [-0.2, -0.15) is 5.10 Å². The summed E-state index contributed by atoms with van der Waals surface area (Å²) in [5.74, 6) is -0.0776. The number of rotatable bonds is 6. The van der Waals surface area contributed by atoms with E-state index in [1.54, 1.807) is 18.2 Å². The maximum atomic E-state index is 12.2. The predicted octanol–water partition coefficient (Wildman–Crippen LogP) is 1.87. The molecule has 7 nitrogen and oxygen atoms in total. The van der Waals surface area contributed by atoms with Gasteiger partial charge in [0, 0.05) is 24.4 Å². The van der Waals surface area contributed by atoms with E-state index in [-0.39, 0.29) is 24.1 Å². The fraction of sp³-hybridized carbons (Fsp3) is 0.250. The number of hydrogen-bond acceptors (Lipinski definition) is 5. The van der Waals surface area contributed by atoms with Crippen molar-refractivity contribution >= 4 is 18.0 Å². The Hall–Kier alpha value is -3.35. The topological polar surface area (TPSA) is 91.2 Å². The van der Waals surface area contributed by atoms with Crippen molar-refractivity contribution in [2.75, 3.05) is 20.2 Å². The minimum atomic E-state index is -0.393. The number of likely N-dealkylation sites (tertiary alicyclic amines) is 1. The molecule has 2 aromatic rings. The van der Waals surface area contributed by atoms with Crippen molar-refractivity contribution in [2.24, 2.45) is 5.10 Å². The Morgan fingerprint density at radius 1 is 1.30 bits per heavy atom. The zero-order valence-electron chi connectivity index (χ0n) is 15.0. The summed E-state index contributed by atoms with van der Waals surface area (Å²) >= 11 is 0. The van der Waals surface area contributed by atoms with Crippen molar-refractivity contribution in [3.8, 4) is 11.5 Å². The van der Waals surface area contributed by atoms with Crippen LogP contribution in [0.3, 0.4) is 0 Å². The number of hydrazone groups is 1. The summed E-state index contributed by atoms with van der Waals surface area (Å²) in [4.78, 5) is 25.8. The number of hydrogen-bond donors (Lipinski definition) is 2. The molecule has 140 valence electrons. The number of nitrogens with zero attached hydrogens (tertiary/aromatic N) is 2.